The van der Waals surface area contributed by atoms with E-state index in [1.165, 1.54) is 23.5 Å². The van der Waals surface area contributed by atoms with Crippen LogP contribution in [0.5, 0.6) is 0 Å². The van der Waals surface area contributed by atoms with Crippen molar-refractivity contribution in [3.8, 4) is 10.7 Å². The van der Waals surface area contributed by atoms with Crippen LogP contribution in [-0.2, 0) is 4.79 Å². The minimum Gasteiger partial charge on any atom is -0.339 e. The van der Waals surface area contributed by atoms with Crippen molar-refractivity contribution in [1.82, 2.24) is 20.0 Å². The molecule has 6 nitrogen and oxygen atoms in total. The van der Waals surface area contributed by atoms with Crippen LogP contribution in [0.15, 0.2) is 46.9 Å². The number of alkyl halides is 1. The lowest BCUT2D eigenvalue weighted by molar-refractivity contribution is -0.128. The minimum atomic E-state index is -1.26. The molecule has 1 saturated heterocycles. The molecule has 28 heavy (non-hydrogen) atoms. The molecular formula is C19H20F2N4O2S. The van der Waals surface area contributed by atoms with Crippen LogP contribution in [-0.4, -0.2) is 45.7 Å². The van der Waals surface area contributed by atoms with Crippen LogP contribution in [0, 0.1) is 6.92 Å². The van der Waals surface area contributed by atoms with Crippen molar-refractivity contribution in [3.05, 3.63) is 53.3 Å². The molecule has 2 aromatic rings. The molecule has 1 amide bonds. The van der Waals surface area contributed by atoms with E-state index in [0.717, 1.165) is 28.8 Å². The van der Waals surface area contributed by atoms with Crippen molar-refractivity contribution < 1.29 is 18.1 Å². The Balaban J connectivity index is 1.75. The smallest absolute Gasteiger partial charge is 0.253 e. The first-order valence-electron chi connectivity index (χ1n) is 8.82. The van der Waals surface area contributed by atoms with Gasteiger partial charge in [0.2, 0.25) is 11.7 Å². The van der Waals surface area contributed by atoms with E-state index in [0.29, 0.717) is 24.8 Å². The van der Waals surface area contributed by atoms with E-state index in [-0.39, 0.29) is 17.4 Å². The van der Waals surface area contributed by atoms with Crippen LogP contribution < -0.4 is 0 Å². The Hall–Kier alpha value is -2.68. The zero-order valence-corrected chi connectivity index (χ0v) is 16.2. The number of aryl methyl sites for hydroxylation is 1. The maximum absolute atomic E-state index is 13.3. The van der Waals surface area contributed by atoms with E-state index in [4.69, 9.17) is 4.52 Å². The van der Waals surface area contributed by atoms with Crippen molar-refractivity contribution in [2.45, 2.75) is 25.7 Å². The summed E-state index contributed by atoms with van der Waals surface area (Å²) in [6, 6.07) is 0. The number of hydrogen-bond donors (Lipinski definition) is 0. The molecule has 2 aromatic heterocycles. The number of piperidine rings is 1. The van der Waals surface area contributed by atoms with Gasteiger partial charge in [-0.1, -0.05) is 17.8 Å². The number of aromatic nitrogens is 3. The Bertz CT molecular complexity index is 919. The van der Waals surface area contributed by atoms with Gasteiger partial charge in [-0.2, -0.15) is 4.98 Å². The molecule has 1 atom stereocenters. The van der Waals surface area contributed by atoms with Gasteiger partial charge in [-0.15, -0.1) is 11.3 Å². The lowest BCUT2D eigenvalue weighted by Crippen LogP contribution is -2.39. The summed E-state index contributed by atoms with van der Waals surface area (Å²) >= 11 is 1.47. The van der Waals surface area contributed by atoms with Gasteiger partial charge in [0, 0.05) is 24.9 Å². The van der Waals surface area contributed by atoms with Gasteiger partial charge in [0.15, 0.2) is 0 Å². The summed E-state index contributed by atoms with van der Waals surface area (Å²) in [6.45, 7) is 5.05. The van der Waals surface area contributed by atoms with Crippen molar-refractivity contribution in [2.75, 3.05) is 19.8 Å². The maximum atomic E-state index is 13.3. The van der Waals surface area contributed by atoms with Gasteiger partial charge >= 0.3 is 0 Å². The molecular weight excluding hydrogens is 386 g/mol. The molecule has 0 aromatic carbocycles. The third-order valence-corrected chi connectivity index (χ3v) is 5.23. The number of amides is 1. The van der Waals surface area contributed by atoms with Gasteiger partial charge in [-0.3, -0.25) is 4.79 Å². The lowest BCUT2D eigenvalue weighted by atomic mass is 9.97. The van der Waals surface area contributed by atoms with E-state index in [1.54, 1.807) is 11.1 Å². The average Bonchev–Trinajstić information content (AvgIpc) is 3.36. The van der Waals surface area contributed by atoms with E-state index in [2.05, 4.69) is 21.7 Å². The Kier molecular flexibility index (Phi) is 6.45. The fourth-order valence-corrected chi connectivity index (χ4v) is 3.73. The van der Waals surface area contributed by atoms with Gasteiger partial charge in [-0.05, 0) is 31.9 Å². The molecule has 0 saturated carbocycles. The summed E-state index contributed by atoms with van der Waals surface area (Å²) in [7, 11) is 0. The second-order valence-electron chi connectivity index (χ2n) is 6.37. The molecule has 1 aliphatic rings. The minimum absolute atomic E-state index is 0.0529. The van der Waals surface area contributed by atoms with Gasteiger partial charge < -0.3 is 9.42 Å². The van der Waals surface area contributed by atoms with E-state index in [1.807, 2.05) is 6.92 Å². The summed E-state index contributed by atoms with van der Waals surface area (Å²) in [5.41, 5.74) is 0.0529. The fraction of sp³-hybridized carbons (Fsp3) is 0.368. The Labute approximate surface area is 165 Å². The van der Waals surface area contributed by atoms with Crippen LogP contribution in [0.1, 0.15) is 29.7 Å². The zero-order chi connectivity index (χ0) is 20.1. The molecule has 0 radical (unpaired) electrons. The first-order valence-corrected chi connectivity index (χ1v) is 9.64. The molecule has 148 valence electrons. The number of nitrogens with zero attached hydrogens (tertiary/aromatic N) is 4. The quantitative estimate of drug-likeness (QED) is 0.532. The SMILES string of the molecule is C=C/C=C(\C=C(\F)CF)C(=O)N1CCC[C@H](c2nc(-c3cnc(C)s3)no2)C1. The van der Waals surface area contributed by atoms with Gasteiger partial charge in [-0.25, -0.2) is 13.8 Å². The van der Waals surface area contributed by atoms with Crippen LogP contribution in [0.4, 0.5) is 8.78 Å². The van der Waals surface area contributed by atoms with Crippen molar-refractivity contribution in [2.24, 2.45) is 0 Å². The summed E-state index contributed by atoms with van der Waals surface area (Å²) in [5.74, 6) is -0.571. The molecule has 1 fully saturated rings. The van der Waals surface area contributed by atoms with Crippen molar-refractivity contribution >= 4 is 17.2 Å². The first kappa shape index (κ1) is 20.1. The number of likely N-dealkylation sites (tertiary alicyclic amines) is 1. The van der Waals surface area contributed by atoms with E-state index >= 15 is 0 Å². The second-order valence-corrected chi connectivity index (χ2v) is 7.61. The van der Waals surface area contributed by atoms with Gasteiger partial charge in [0.05, 0.1) is 15.8 Å². The largest absolute Gasteiger partial charge is 0.339 e. The molecule has 0 aliphatic carbocycles. The Morgan fingerprint density at radius 2 is 2.36 bits per heavy atom. The molecule has 0 bridgehead atoms. The number of carbonyl (C=O) groups excluding carboxylic acids is 1. The van der Waals surface area contributed by atoms with Crippen LogP contribution >= 0.6 is 11.3 Å². The topological polar surface area (TPSA) is 72.1 Å². The van der Waals surface area contributed by atoms with Crippen molar-refractivity contribution in [1.29, 1.82) is 0 Å². The summed E-state index contributed by atoms with van der Waals surface area (Å²) in [4.78, 5) is 23.8. The molecule has 3 rings (SSSR count). The van der Waals surface area contributed by atoms with Crippen LogP contribution in [0.3, 0.4) is 0 Å². The summed E-state index contributed by atoms with van der Waals surface area (Å²) in [6.07, 6.45) is 6.89. The maximum Gasteiger partial charge on any atom is 0.253 e. The predicted octanol–water partition coefficient (Wildman–Crippen LogP) is 4.14. The Morgan fingerprint density at radius 3 is 3.04 bits per heavy atom. The number of carbonyl (C=O) groups is 1. The molecule has 0 spiro atoms. The lowest BCUT2D eigenvalue weighted by Gasteiger charge is -2.31. The van der Waals surface area contributed by atoms with Gasteiger partial charge in [0.25, 0.3) is 5.91 Å². The van der Waals surface area contributed by atoms with Crippen molar-refractivity contribution in [3.63, 3.8) is 0 Å². The highest BCUT2D eigenvalue weighted by Gasteiger charge is 2.29. The fourth-order valence-electron chi connectivity index (χ4n) is 3.03. The average molecular weight is 406 g/mol. The molecule has 0 N–H and O–H groups in total. The number of allylic oxidation sites excluding steroid dienone is 3. The van der Waals surface area contributed by atoms with Crippen LogP contribution in [0.2, 0.25) is 0 Å². The number of rotatable bonds is 6. The Morgan fingerprint density at radius 1 is 1.54 bits per heavy atom. The highest BCUT2D eigenvalue weighted by atomic mass is 32.1. The monoisotopic (exact) mass is 406 g/mol. The summed E-state index contributed by atoms with van der Waals surface area (Å²) < 4.78 is 31.2. The third-order valence-electron chi connectivity index (χ3n) is 4.33. The highest BCUT2D eigenvalue weighted by molar-refractivity contribution is 7.14. The van der Waals surface area contributed by atoms with E-state index in [9.17, 15) is 13.6 Å². The normalized spacial score (nSPS) is 18.4. The molecule has 1 aliphatic heterocycles. The number of hydrogen-bond acceptors (Lipinski definition) is 6. The zero-order valence-electron chi connectivity index (χ0n) is 15.4. The standard InChI is InChI=1S/C19H20F2N4O2S/c1-3-5-13(8-15(21)9-20)19(26)25-7-4-6-14(11-25)18-23-17(24-27-18)16-10-22-12(2)28-16/h3,5,8,10,14H,1,4,6-7,9,11H2,2H3/b13-5+,15-8+/t14-/m0/s1. The first-order chi connectivity index (χ1) is 13.5. The molecule has 9 heteroatoms. The predicted molar refractivity (Wildman–Crippen MR) is 102 cm³/mol. The van der Waals surface area contributed by atoms with Gasteiger partial charge in [0.1, 0.15) is 12.5 Å². The number of halogens is 2. The van der Waals surface area contributed by atoms with Crippen LogP contribution in [0.25, 0.3) is 10.7 Å². The second kappa shape index (κ2) is 9.01. The molecule has 3 heterocycles. The third kappa shape index (κ3) is 4.59. The number of thiazole rings is 1. The molecule has 0 unspecified atom stereocenters. The highest BCUT2D eigenvalue weighted by Crippen LogP contribution is 2.30. The van der Waals surface area contributed by atoms with E-state index < -0.39 is 12.5 Å². The summed E-state index contributed by atoms with van der Waals surface area (Å²) in [5, 5.41) is 4.92.